The van der Waals surface area contributed by atoms with Gasteiger partial charge in [0.05, 0.1) is 18.7 Å². The van der Waals surface area contributed by atoms with Gasteiger partial charge in [-0.25, -0.2) is 15.1 Å². The third-order valence-electron chi connectivity index (χ3n) is 5.60. The Morgan fingerprint density at radius 3 is 2.23 bits per heavy atom. The van der Waals surface area contributed by atoms with Crippen LogP contribution in [0.1, 0.15) is 11.1 Å². The van der Waals surface area contributed by atoms with E-state index in [1.54, 1.807) is 4.90 Å². The van der Waals surface area contributed by atoms with Crippen molar-refractivity contribution < 1.29 is 35.9 Å². The highest BCUT2D eigenvalue weighted by molar-refractivity contribution is 5.82. The summed E-state index contributed by atoms with van der Waals surface area (Å²) in [6, 6.07) is 0.633. The molecule has 4 rings (SSSR count). The minimum Gasteiger partial charge on any atom is -0.365 e. The number of carbonyl (C=O) groups is 1. The van der Waals surface area contributed by atoms with Crippen molar-refractivity contribution in [1.82, 2.24) is 25.1 Å². The molecule has 0 radical (unpaired) electrons. The van der Waals surface area contributed by atoms with Gasteiger partial charge in [0.1, 0.15) is 11.4 Å². The van der Waals surface area contributed by atoms with Gasteiger partial charge in [0.25, 0.3) is 11.5 Å². The first-order chi connectivity index (χ1) is 16.4. The van der Waals surface area contributed by atoms with Crippen LogP contribution in [-0.2, 0) is 21.9 Å². The number of halogens is 6. The Morgan fingerprint density at radius 1 is 0.971 bits per heavy atom. The normalized spacial score (nSPS) is 19.7. The SMILES string of the molecule is O=C(C1CN(c2cc(C(F)(F)F)c(=O)[nH]n2)CCO1)N1CCN(c2ncc(C(F)(F)F)cn2)CC1. The van der Waals surface area contributed by atoms with Crippen molar-refractivity contribution in [2.24, 2.45) is 0 Å². The maximum atomic E-state index is 13.1. The lowest BCUT2D eigenvalue weighted by atomic mass is 10.2. The smallest absolute Gasteiger partial charge is 0.365 e. The van der Waals surface area contributed by atoms with Crippen LogP contribution < -0.4 is 15.4 Å². The zero-order valence-electron chi connectivity index (χ0n) is 17.9. The van der Waals surface area contributed by atoms with Gasteiger partial charge in [-0.15, -0.1) is 0 Å². The lowest BCUT2D eigenvalue weighted by Crippen LogP contribution is -2.56. The number of aromatic nitrogens is 4. The average molecular weight is 507 g/mol. The van der Waals surface area contributed by atoms with Crippen LogP contribution >= 0.6 is 0 Å². The number of ether oxygens (including phenoxy) is 1. The van der Waals surface area contributed by atoms with Crippen LogP contribution in [0.4, 0.5) is 38.1 Å². The van der Waals surface area contributed by atoms with Gasteiger partial charge in [-0.05, 0) is 0 Å². The number of H-pyrrole nitrogens is 1. The van der Waals surface area contributed by atoms with E-state index in [0.29, 0.717) is 18.5 Å². The molecule has 2 aliphatic heterocycles. The molecule has 0 bridgehead atoms. The second-order valence-corrected chi connectivity index (χ2v) is 7.85. The van der Waals surface area contributed by atoms with E-state index in [-0.39, 0.29) is 63.5 Å². The summed E-state index contributed by atoms with van der Waals surface area (Å²) in [6.07, 6.45) is -8.99. The van der Waals surface area contributed by atoms with Crippen LogP contribution in [-0.4, -0.2) is 83.0 Å². The van der Waals surface area contributed by atoms with Crippen molar-refractivity contribution in [1.29, 1.82) is 0 Å². The number of carbonyl (C=O) groups excluding carboxylic acids is 1. The van der Waals surface area contributed by atoms with Crippen molar-refractivity contribution in [2.75, 3.05) is 55.7 Å². The molecule has 2 aliphatic rings. The van der Waals surface area contributed by atoms with Gasteiger partial charge in [-0.2, -0.15) is 31.4 Å². The Labute approximate surface area is 193 Å². The zero-order valence-corrected chi connectivity index (χ0v) is 17.9. The molecule has 0 saturated carbocycles. The van der Waals surface area contributed by atoms with E-state index in [9.17, 15) is 35.9 Å². The lowest BCUT2D eigenvalue weighted by Gasteiger charge is -2.39. The average Bonchev–Trinajstić information content (AvgIpc) is 2.83. The summed E-state index contributed by atoms with van der Waals surface area (Å²) in [5.74, 6) is -0.416. The number of hydrogen-bond acceptors (Lipinski definition) is 8. The predicted octanol–water partition coefficient (Wildman–Crippen LogP) is 1.15. The summed E-state index contributed by atoms with van der Waals surface area (Å²) < 4.78 is 82.7. The second-order valence-electron chi connectivity index (χ2n) is 7.85. The first kappa shape index (κ1) is 24.7. The van der Waals surface area contributed by atoms with Gasteiger partial charge in [0.15, 0.2) is 6.10 Å². The minimum atomic E-state index is -4.86. The number of hydrogen-bond donors (Lipinski definition) is 1. The highest BCUT2D eigenvalue weighted by atomic mass is 19.4. The van der Waals surface area contributed by atoms with Gasteiger partial charge >= 0.3 is 12.4 Å². The fourth-order valence-electron chi connectivity index (χ4n) is 3.74. The van der Waals surface area contributed by atoms with Crippen LogP contribution in [0.3, 0.4) is 0 Å². The maximum Gasteiger partial charge on any atom is 0.421 e. The molecule has 1 unspecified atom stereocenters. The second kappa shape index (κ2) is 9.31. The number of amides is 1. The number of nitrogens with zero attached hydrogens (tertiary/aromatic N) is 6. The number of alkyl halides is 6. The van der Waals surface area contributed by atoms with E-state index in [4.69, 9.17) is 4.74 Å². The van der Waals surface area contributed by atoms with Crippen molar-refractivity contribution in [3.05, 3.63) is 39.9 Å². The van der Waals surface area contributed by atoms with E-state index in [1.807, 2.05) is 5.10 Å². The third kappa shape index (κ3) is 5.47. The van der Waals surface area contributed by atoms with Gasteiger partial charge in [-0.1, -0.05) is 0 Å². The summed E-state index contributed by atoms with van der Waals surface area (Å²) in [5.41, 5.74) is -3.72. The Morgan fingerprint density at radius 2 is 1.63 bits per heavy atom. The molecule has 0 aliphatic carbocycles. The summed E-state index contributed by atoms with van der Waals surface area (Å²) in [5, 5.41) is 5.49. The van der Waals surface area contributed by atoms with Gasteiger partial charge < -0.3 is 19.4 Å². The molecule has 4 heterocycles. The van der Waals surface area contributed by atoms with Crippen LogP contribution in [0.25, 0.3) is 0 Å². The highest BCUT2D eigenvalue weighted by Gasteiger charge is 2.37. The first-order valence-corrected chi connectivity index (χ1v) is 10.4. The number of nitrogens with one attached hydrogen (secondary N) is 1. The van der Waals surface area contributed by atoms with E-state index in [1.165, 1.54) is 9.80 Å². The molecular weight excluding hydrogens is 488 g/mol. The Balaban J connectivity index is 1.37. The zero-order chi connectivity index (χ0) is 25.4. The Bertz CT molecular complexity index is 1110. The molecule has 2 saturated heterocycles. The molecule has 1 atom stereocenters. The van der Waals surface area contributed by atoms with E-state index >= 15 is 0 Å². The van der Waals surface area contributed by atoms with Gasteiger partial charge in [0, 0.05) is 51.2 Å². The molecule has 2 aromatic rings. The van der Waals surface area contributed by atoms with Crippen LogP contribution in [0.5, 0.6) is 0 Å². The lowest BCUT2D eigenvalue weighted by molar-refractivity contribution is -0.145. The monoisotopic (exact) mass is 507 g/mol. The largest absolute Gasteiger partial charge is 0.421 e. The summed E-state index contributed by atoms with van der Waals surface area (Å²) in [4.78, 5) is 36.5. The van der Waals surface area contributed by atoms with Crippen LogP contribution in [0.2, 0.25) is 0 Å². The first-order valence-electron chi connectivity index (χ1n) is 10.4. The quantitative estimate of drug-likeness (QED) is 0.617. The van der Waals surface area contributed by atoms with Crippen molar-refractivity contribution in [3.63, 3.8) is 0 Å². The molecule has 190 valence electrons. The molecule has 35 heavy (non-hydrogen) atoms. The van der Waals surface area contributed by atoms with Gasteiger partial charge in [-0.3, -0.25) is 9.59 Å². The molecule has 2 aromatic heterocycles. The topological polar surface area (TPSA) is 108 Å². The summed E-state index contributed by atoms with van der Waals surface area (Å²) >= 11 is 0. The number of anilines is 2. The Hall–Kier alpha value is -3.43. The number of aromatic amines is 1. The summed E-state index contributed by atoms with van der Waals surface area (Å²) in [7, 11) is 0. The predicted molar refractivity (Wildman–Crippen MR) is 108 cm³/mol. The standard InChI is InChI=1S/C19H19F6N7O3/c20-18(21,22)11-8-26-17(27-9-11)31-3-1-30(2-4-31)16(34)13-10-32(5-6-35-13)14-7-12(19(23,24)25)15(33)29-28-14/h7-9,13H,1-6,10H2,(H,29,33). The van der Waals surface area contributed by atoms with Crippen molar-refractivity contribution in [3.8, 4) is 0 Å². The molecular formula is C19H19F6N7O3. The summed E-state index contributed by atoms with van der Waals surface area (Å²) in [6.45, 7) is 1.12. The van der Waals surface area contributed by atoms with E-state index in [0.717, 1.165) is 0 Å². The molecule has 0 spiro atoms. The molecule has 0 aromatic carbocycles. The fraction of sp³-hybridized carbons (Fsp3) is 0.526. The van der Waals surface area contributed by atoms with E-state index < -0.39 is 35.1 Å². The minimum absolute atomic E-state index is 0.0535. The third-order valence-corrected chi connectivity index (χ3v) is 5.60. The van der Waals surface area contributed by atoms with Crippen LogP contribution in [0.15, 0.2) is 23.3 Å². The fourth-order valence-corrected chi connectivity index (χ4v) is 3.74. The number of morpholine rings is 1. The van der Waals surface area contributed by atoms with Crippen LogP contribution in [0, 0.1) is 0 Å². The van der Waals surface area contributed by atoms with Crippen molar-refractivity contribution in [2.45, 2.75) is 18.5 Å². The molecule has 2 fully saturated rings. The molecule has 16 heteroatoms. The Kier molecular flexibility index (Phi) is 6.57. The molecule has 1 amide bonds. The van der Waals surface area contributed by atoms with Gasteiger partial charge in [0.2, 0.25) is 5.95 Å². The number of piperazine rings is 1. The molecule has 1 N–H and O–H groups in total. The van der Waals surface area contributed by atoms with E-state index in [2.05, 4.69) is 15.1 Å². The highest BCUT2D eigenvalue weighted by Crippen LogP contribution is 2.29. The maximum absolute atomic E-state index is 13.1. The number of rotatable bonds is 3. The molecule has 10 nitrogen and oxygen atoms in total. The van der Waals surface area contributed by atoms with Crippen molar-refractivity contribution >= 4 is 17.7 Å².